The number of hydroxylamine groups is 2. The van der Waals surface area contributed by atoms with Crippen molar-refractivity contribution in [2.45, 2.75) is 44.1 Å². The highest BCUT2D eigenvalue weighted by Gasteiger charge is 2.54. The van der Waals surface area contributed by atoms with Crippen LogP contribution in [0.3, 0.4) is 0 Å². The van der Waals surface area contributed by atoms with Crippen LogP contribution in [-0.4, -0.2) is 34.6 Å². The molecule has 0 unspecified atom stereocenters. The van der Waals surface area contributed by atoms with E-state index in [-0.39, 0.29) is 24.7 Å². The van der Waals surface area contributed by atoms with Gasteiger partial charge in [-0.1, -0.05) is 65.3 Å². The molecule has 3 aromatic rings. The van der Waals surface area contributed by atoms with Gasteiger partial charge in [0.25, 0.3) is 5.91 Å². The zero-order chi connectivity index (χ0) is 25.3. The van der Waals surface area contributed by atoms with Crippen molar-refractivity contribution in [3.05, 3.63) is 94.5 Å². The van der Waals surface area contributed by atoms with Crippen LogP contribution in [0.1, 0.15) is 43.4 Å². The predicted octanol–water partition coefficient (Wildman–Crippen LogP) is 5.09. The molecule has 3 atom stereocenters. The van der Waals surface area contributed by atoms with Crippen LogP contribution < -0.4 is 9.64 Å². The monoisotopic (exact) mass is 550 g/mol. The van der Waals surface area contributed by atoms with E-state index in [2.05, 4.69) is 15.9 Å². The van der Waals surface area contributed by atoms with Gasteiger partial charge in [0.05, 0.1) is 24.8 Å². The van der Waals surface area contributed by atoms with E-state index in [0.717, 1.165) is 16.5 Å². The molecule has 2 aliphatic rings. The van der Waals surface area contributed by atoms with Gasteiger partial charge < -0.3 is 9.84 Å². The number of aliphatic hydroxyl groups is 1. The molecule has 2 amide bonds. The minimum Gasteiger partial charge on any atom is -0.494 e. The molecule has 2 saturated heterocycles. The summed E-state index contributed by atoms with van der Waals surface area (Å²) in [5, 5.41) is 13.1. The Labute approximate surface area is 218 Å². The summed E-state index contributed by atoms with van der Waals surface area (Å²) in [5.41, 5.74) is 1.95. The molecular formula is C28H27BrN2O5. The molecule has 0 aromatic heterocycles. The van der Waals surface area contributed by atoms with Crippen LogP contribution in [0, 0.1) is 0 Å². The number of amides is 2. The molecule has 1 N–H and O–H groups in total. The van der Waals surface area contributed by atoms with Gasteiger partial charge in [-0.25, -0.2) is 4.90 Å². The highest BCUT2D eigenvalue weighted by atomic mass is 79.9. The van der Waals surface area contributed by atoms with Crippen LogP contribution in [0.25, 0.3) is 0 Å². The molecule has 0 saturated carbocycles. The average molecular weight is 551 g/mol. The molecule has 8 heteroatoms. The van der Waals surface area contributed by atoms with Gasteiger partial charge in [-0.2, -0.15) is 5.06 Å². The fraction of sp³-hybridized carbons (Fsp3) is 0.286. The molecule has 0 bridgehead atoms. The van der Waals surface area contributed by atoms with E-state index in [1.807, 2.05) is 49.4 Å². The SMILES string of the molecule is CCCOc1ccc(N2C(=O)C[C@@H](N3O[C@@](O)(c4ccc(Br)cc4)C[C@H]3c3ccccc3)C2=O)cc1. The molecule has 2 fully saturated rings. The predicted molar refractivity (Wildman–Crippen MR) is 138 cm³/mol. The number of anilines is 1. The topological polar surface area (TPSA) is 79.3 Å². The number of halogens is 1. The van der Waals surface area contributed by atoms with Gasteiger partial charge >= 0.3 is 0 Å². The zero-order valence-corrected chi connectivity index (χ0v) is 21.4. The fourth-order valence-electron chi connectivity index (χ4n) is 4.73. The van der Waals surface area contributed by atoms with Gasteiger partial charge in [0, 0.05) is 16.5 Å². The lowest BCUT2D eigenvalue weighted by molar-refractivity contribution is -0.303. The van der Waals surface area contributed by atoms with Crippen molar-refractivity contribution in [2.24, 2.45) is 0 Å². The summed E-state index contributed by atoms with van der Waals surface area (Å²) in [4.78, 5) is 34.0. The Morgan fingerprint density at radius 1 is 1.00 bits per heavy atom. The molecule has 0 aliphatic carbocycles. The van der Waals surface area contributed by atoms with Gasteiger partial charge in [0.1, 0.15) is 11.8 Å². The van der Waals surface area contributed by atoms with Crippen LogP contribution in [0.4, 0.5) is 5.69 Å². The lowest BCUT2D eigenvalue weighted by Gasteiger charge is -2.28. The number of ether oxygens (including phenoxy) is 1. The van der Waals surface area contributed by atoms with Gasteiger partial charge in [-0.15, -0.1) is 0 Å². The summed E-state index contributed by atoms with van der Waals surface area (Å²) in [6, 6.07) is 22.4. The van der Waals surface area contributed by atoms with Crippen LogP contribution >= 0.6 is 15.9 Å². The number of carbonyl (C=O) groups is 2. The summed E-state index contributed by atoms with van der Waals surface area (Å²) in [6.07, 6.45) is 1.05. The van der Waals surface area contributed by atoms with E-state index in [9.17, 15) is 14.7 Å². The number of hydrogen-bond donors (Lipinski definition) is 1. The second-order valence-corrected chi connectivity index (χ2v) is 9.92. The molecular weight excluding hydrogens is 524 g/mol. The number of rotatable bonds is 7. The second-order valence-electron chi connectivity index (χ2n) is 9.00. The van der Waals surface area contributed by atoms with Crippen molar-refractivity contribution < 1.29 is 24.3 Å². The number of nitrogens with zero attached hydrogens (tertiary/aromatic N) is 2. The fourth-order valence-corrected chi connectivity index (χ4v) is 4.99. The summed E-state index contributed by atoms with van der Waals surface area (Å²) in [7, 11) is 0. The molecule has 0 radical (unpaired) electrons. The summed E-state index contributed by atoms with van der Waals surface area (Å²) < 4.78 is 6.49. The Kier molecular flexibility index (Phi) is 6.94. The maximum atomic E-state index is 13.6. The maximum Gasteiger partial charge on any atom is 0.254 e. The Morgan fingerprint density at radius 3 is 2.36 bits per heavy atom. The molecule has 3 aromatic carbocycles. The Hall–Kier alpha value is -3.04. The van der Waals surface area contributed by atoms with Crippen molar-refractivity contribution in [3.63, 3.8) is 0 Å². The van der Waals surface area contributed by atoms with E-state index in [4.69, 9.17) is 9.57 Å². The van der Waals surface area contributed by atoms with Crippen molar-refractivity contribution >= 4 is 33.4 Å². The van der Waals surface area contributed by atoms with Gasteiger partial charge in [-0.05, 0) is 48.4 Å². The molecule has 5 rings (SSSR count). The molecule has 36 heavy (non-hydrogen) atoms. The third-order valence-electron chi connectivity index (χ3n) is 6.51. The quantitative estimate of drug-likeness (QED) is 0.412. The molecule has 2 heterocycles. The van der Waals surface area contributed by atoms with Gasteiger partial charge in [0.15, 0.2) is 0 Å². The molecule has 186 valence electrons. The van der Waals surface area contributed by atoms with E-state index < -0.39 is 17.9 Å². The lowest BCUT2D eigenvalue weighted by Crippen LogP contribution is -2.42. The van der Waals surface area contributed by atoms with Crippen LogP contribution in [0.15, 0.2) is 83.3 Å². The van der Waals surface area contributed by atoms with E-state index in [1.54, 1.807) is 36.4 Å². The van der Waals surface area contributed by atoms with Gasteiger partial charge in [-0.3, -0.25) is 14.4 Å². The van der Waals surface area contributed by atoms with Crippen molar-refractivity contribution in [2.75, 3.05) is 11.5 Å². The standard InChI is InChI=1S/C28H27BrN2O5/c1-2-16-35-23-14-12-22(13-15-23)30-26(32)17-24(27(30)33)31-25(19-6-4-3-5-7-19)18-28(34,36-31)20-8-10-21(29)11-9-20/h3-15,24-25,34H,2,16-18H2,1H3/t24-,25+,28-/m1/s1. The smallest absolute Gasteiger partial charge is 0.254 e. The third-order valence-corrected chi connectivity index (χ3v) is 7.04. The number of imide groups is 1. The van der Waals surface area contributed by atoms with E-state index in [1.165, 1.54) is 9.96 Å². The first kappa shape index (κ1) is 24.6. The minimum atomic E-state index is -1.64. The van der Waals surface area contributed by atoms with E-state index in [0.29, 0.717) is 23.6 Å². The van der Waals surface area contributed by atoms with Crippen LogP contribution in [0.2, 0.25) is 0 Å². The van der Waals surface area contributed by atoms with Crippen LogP contribution in [0.5, 0.6) is 5.75 Å². The summed E-state index contributed by atoms with van der Waals surface area (Å²) >= 11 is 3.42. The highest BCUT2D eigenvalue weighted by Crippen LogP contribution is 2.47. The largest absolute Gasteiger partial charge is 0.494 e. The number of hydrogen-bond acceptors (Lipinski definition) is 6. The van der Waals surface area contributed by atoms with Crippen molar-refractivity contribution in [1.29, 1.82) is 0 Å². The normalized spacial score (nSPS) is 24.5. The Bertz CT molecular complexity index is 1240. The average Bonchev–Trinajstić information content (AvgIpc) is 3.40. The highest BCUT2D eigenvalue weighted by molar-refractivity contribution is 9.10. The molecule has 0 spiro atoms. The number of benzene rings is 3. The Morgan fingerprint density at radius 2 is 1.69 bits per heavy atom. The maximum absolute atomic E-state index is 13.6. The first-order valence-electron chi connectivity index (χ1n) is 12.0. The summed E-state index contributed by atoms with van der Waals surface area (Å²) in [5.74, 6) is -1.66. The summed E-state index contributed by atoms with van der Waals surface area (Å²) in [6.45, 7) is 2.62. The third kappa shape index (κ3) is 4.69. The first-order chi connectivity index (χ1) is 17.4. The van der Waals surface area contributed by atoms with E-state index >= 15 is 0 Å². The number of carbonyl (C=O) groups excluding carboxylic acids is 2. The lowest BCUT2D eigenvalue weighted by atomic mass is 9.94. The first-order valence-corrected chi connectivity index (χ1v) is 12.8. The van der Waals surface area contributed by atoms with Gasteiger partial charge in [0.2, 0.25) is 11.7 Å². The van der Waals surface area contributed by atoms with Crippen LogP contribution in [-0.2, 0) is 20.2 Å². The van der Waals surface area contributed by atoms with Crippen molar-refractivity contribution in [3.8, 4) is 5.75 Å². The second kappa shape index (κ2) is 10.1. The van der Waals surface area contributed by atoms with Crippen molar-refractivity contribution in [1.82, 2.24) is 5.06 Å². The Balaban J connectivity index is 1.44. The molecule has 2 aliphatic heterocycles. The zero-order valence-electron chi connectivity index (χ0n) is 19.8. The molecule has 7 nitrogen and oxygen atoms in total. The minimum absolute atomic E-state index is 0.0489.